The Kier molecular flexibility index (Phi) is 3.69. The van der Waals surface area contributed by atoms with Crippen LogP contribution in [0.2, 0.25) is 0 Å². The molecule has 1 aliphatic rings. The predicted octanol–water partition coefficient (Wildman–Crippen LogP) is -0.469. The Balaban J connectivity index is 2.05. The molecule has 0 aliphatic heterocycles. The fraction of sp³-hybridized carbons (Fsp3) is 0.889. The van der Waals surface area contributed by atoms with Crippen molar-refractivity contribution < 1.29 is 4.79 Å². The van der Waals surface area contributed by atoms with Gasteiger partial charge in [0.25, 0.3) is 0 Å². The van der Waals surface area contributed by atoms with Crippen molar-refractivity contribution in [2.75, 3.05) is 20.1 Å². The standard InChI is InChI=1S/C9H19N3O/c1-12(6-7-2-3-7)5-4-8(10)9(11)13/h7-8H,2-6,10H2,1H3,(H2,11,13). The summed E-state index contributed by atoms with van der Waals surface area (Å²) in [6.45, 7) is 1.99. The van der Waals surface area contributed by atoms with E-state index in [2.05, 4.69) is 11.9 Å². The summed E-state index contributed by atoms with van der Waals surface area (Å²) in [6.07, 6.45) is 3.37. The zero-order valence-corrected chi connectivity index (χ0v) is 8.20. The summed E-state index contributed by atoms with van der Waals surface area (Å²) in [5, 5.41) is 0. The van der Waals surface area contributed by atoms with Crippen molar-refractivity contribution in [2.24, 2.45) is 17.4 Å². The van der Waals surface area contributed by atoms with Gasteiger partial charge in [0.15, 0.2) is 0 Å². The van der Waals surface area contributed by atoms with Gasteiger partial charge in [-0.15, -0.1) is 0 Å². The highest BCUT2D eigenvalue weighted by Crippen LogP contribution is 2.29. The molecule has 4 heteroatoms. The molecule has 1 rings (SSSR count). The molecule has 0 aromatic rings. The maximum absolute atomic E-state index is 10.6. The highest BCUT2D eigenvalue weighted by Gasteiger charge is 2.22. The van der Waals surface area contributed by atoms with Crippen LogP contribution in [0.25, 0.3) is 0 Å². The van der Waals surface area contributed by atoms with Crippen LogP contribution in [0.15, 0.2) is 0 Å². The van der Waals surface area contributed by atoms with Crippen LogP contribution in [0.4, 0.5) is 0 Å². The summed E-state index contributed by atoms with van der Waals surface area (Å²) in [5.41, 5.74) is 10.6. The molecule has 4 N–H and O–H groups in total. The Morgan fingerprint density at radius 3 is 2.69 bits per heavy atom. The van der Waals surface area contributed by atoms with Crippen molar-refractivity contribution in [2.45, 2.75) is 25.3 Å². The third-order valence-corrected chi connectivity index (χ3v) is 2.45. The number of hydrogen-bond donors (Lipinski definition) is 2. The highest BCUT2D eigenvalue weighted by molar-refractivity contribution is 5.79. The second-order valence-corrected chi connectivity index (χ2v) is 4.00. The first kappa shape index (κ1) is 10.5. The van der Waals surface area contributed by atoms with E-state index in [0.29, 0.717) is 6.42 Å². The first-order chi connectivity index (χ1) is 6.09. The molecule has 1 aliphatic carbocycles. The third kappa shape index (κ3) is 4.24. The van der Waals surface area contributed by atoms with Crippen LogP contribution in [-0.2, 0) is 4.79 Å². The topological polar surface area (TPSA) is 72.3 Å². The normalized spacial score (nSPS) is 19.0. The second kappa shape index (κ2) is 4.58. The van der Waals surface area contributed by atoms with Crippen molar-refractivity contribution in [1.82, 2.24) is 4.90 Å². The highest BCUT2D eigenvalue weighted by atomic mass is 16.1. The van der Waals surface area contributed by atoms with Gasteiger partial charge in [0.1, 0.15) is 0 Å². The molecule has 0 heterocycles. The Hall–Kier alpha value is -0.610. The number of primary amides is 1. The SMILES string of the molecule is CN(CCC(N)C(N)=O)CC1CC1. The number of rotatable bonds is 6. The van der Waals surface area contributed by atoms with Gasteiger partial charge in [-0.25, -0.2) is 0 Å². The number of hydrogen-bond acceptors (Lipinski definition) is 3. The van der Waals surface area contributed by atoms with Crippen LogP contribution in [-0.4, -0.2) is 37.0 Å². The van der Waals surface area contributed by atoms with Gasteiger partial charge in [-0.3, -0.25) is 4.79 Å². The zero-order chi connectivity index (χ0) is 9.84. The number of carbonyl (C=O) groups excluding carboxylic acids is 1. The summed E-state index contributed by atoms with van der Waals surface area (Å²) >= 11 is 0. The lowest BCUT2D eigenvalue weighted by Crippen LogP contribution is -2.39. The minimum absolute atomic E-state index is 0.403. The van der Waals surface area contributed by atoms with E-state index in [9.17, 15) is 4.79 Å². The lowest BCUT2D eigenvalue weighted by molar-refractivity contribution is -0.119. The van der Waals surface area contributed by atoms with Crippen molar-refractivity contribution in [3.05, 3.63) is 0 Å². The maximum atomic E-state index is 10.6. The molecule has 0 aromatic carbocycles. The summed E-state index contributed by atoms with van der Waals surface area (Å²) in [4.78, 5) is 12.8. The molecule has 1 amide bonds. The van der Waals surface area contributed by atoms with Crippen molar-refractivity contribution in [1.29, 1.82) is 0 Å². The molecule has 0 bridgehead atoms. The lowest BCUT2D eigenvalue weighted by Gasteiger charge is -2.17. The summed E-state index contributed by atoms with van der Waals surface area (Å²) < 4.78 is 0. The van der Waals surface area contributed by atoms with Gasteiger partial charge >= 0.3 is 0 Å². The Morgan fingerprint density at radius 1 is 1.62 bits per heavy atom. The Labute approximate surface area is 79.3 Å². The van der Waals surface area contributed by atoms with Crippen LogP contribution in [0.1, 0.15) is 19.3 Å². The Morgan fingerprint density at radius 2 is 2.23 bits per heavy atom. The Bertz CT molecular complexity index is 180. The molecule has 13 heavy (non-hydrogen) atoms. The number of carbonyl (C=O) groups is 1. The van der Waals surface area contributed by atoms with E-state index in [4.69, 9.17) is 11.5 Å². The fourth-order valence-electron chi connectivity index (χ4n) is 1.33. The maximum Gasteiger partial charge on any atom is 0.234 e. The smallest absolute Gasteiger partial charge is 0.234 e. The number of nitrogens with zero attached hydrogens (tertiary/aromatic N) is 1. The molecule has 1 unspecified atom stereocenters. The molecule has 1 fully saturated rings. The molecule has 1 saturated carbocycles. The quantitative estimate of drug-likeness (QED) is 0.587. The van der Waals surface area contributed by atoms with E-state index >= 15 is 0 Å². The molecule has 0 aromatic heterocycles. The first-order valence-electron chi connectivity index (χ1n) is 4.83. The van der Waals surface area contributed by atoms with E-state index in [1.807, 2.05) is 0 Å². The van der Waals surface area contributed by atoms with E-state index in [1.165, 1.54) is 12.8 Å². The van der Waals surface area contributed by atoms with E-state index < -0.39 is 11.9 Å². The average molecular weight is 185 g/mol. The summed E-state index contributed by atoms with van der Waals surface area (Å²) in [6, 6.07) is -0.485. The van der Waals surface area contributed by atoms with E-state index in [1.54, 1.807) is 0 Å². The van der Waals surface area contributed by atoms with Crippen molar-refractivity contribution in [3.8, 4) is 0 Å². The largest absolute Gasteiger partial charge is 0.368 e. The van der Waals surface area contributed by atoms with Crippen LogP contribution in [0.5, 0.6) is 0 Å². The summed E-state index contributed by atoms with van der Waals surface area (Å²) in [5.74, 6) is 0.481. The molecule has 1 atom stereocenters. The van der Waals surface area contributed by atoms with Gasteiger partial charge in [-0.05, 0) is 38.8 Å². The number of nitrogens with two attached hydrogens (primary N) is 2. The zero-order valence-electron chi connectivity index (χ0n) is 8.20. The van der Waals surface area contributed by atoms with Crippen LogP contribution >= 0.6 is 0 Å². The monoisotopic (exact) mass is 185 g/mol. The molecule has 0 radical (unpaired) electrons. The minimum atomic E-state index is -0.485. The molecule has 0 spiro atoms. The van der Waals surface area contributed by atoms with Gasteiger partial charge in [0, 0.05) is 6.54 Å². The minimum Gasteiger partial charge on any atom is -0.368 e. The predicted molar refractivity (Wildman–Crippen MR) is 52.0 cm³/mol. The van der Waals surface area contributed by atoms with Gasteiger partial charge in [-0.1, -0.05) is 0 Å². The van der Waals surface area contributed by atoms with Gasteiger partial charge < -0.3 is 16.4 Å². The van der Waals surface area contributed by atoms with Gasteiger partial charge in [0.2, 0.25) is 5.91 Å². The van der Waals surface area contributed by atoms with E-state index in [-0.39, 0.29) is 0 Å². The molecular weight excluding hydrogens is 166 g/mol. The van der Waals surface area contributed by atoms with Crippen molar-refractivity contribution >= 4 is 5.91 Å². The van der Waals surface area contributed by atoms with E-state index in [0.717, 1.165) is 19.0 Å². The fourth-order valence-corrected chi connectivity index (χ4v) is 1.33. The molecule has 4 nitrogen and oxygen atoms in total. The van der Waals surface area contributed by atoms with Gasteiger partial charge in [-0.2, -0.15) is 0 Å². The third-order valence-electron chi connectivity index (χ3n) is 2.45. The molecular formula is C9H19N3O. The summed E-state index contributed by atoms with van der Waals surface area (Å²) in [7, 11) is 2.06. The molecule has 0 saturated heterocycles. The van der Waals surface area contributed by atoms with Crippen molar-refractivity contribution in [3.63, 3.8) is 0 Å². The lowest BCUT2D eigenvalue weighted by atomic mass is 10.2. The molecule has 76 valence electrons. The van der Waals surface area contributed by atoms with Gasteiger partial charge in [0.05, 0.1) is 6.04 Å². The van der Waals surface area contributed by atoms with Crippen LogP contribution < -0.4 is 11.5 Å². The number of amides is 1. The average Bonchev–Trinajstić information content (AvgIpc) is 2.83. The first-order valence-corrected chi connectivity index (χ1v) is 4.83. The van der Waals surface area contributed by atoms with Crippen LogP contribution in [0, 0.1) is 5.92 Å². The second-order valence-electron chi connectivity index (χ2n) is 4.00. The van der Waals surface area contributed by atoms with Crippen LogP contribution in [0.3, 0.4) is 0 Å².